The van der Waals surface area contributed by atoms with E-state index in [2.05, 4.69) is 10.6 Å². The smallest absolute Gasteiger partial charge is 0.376 e. The molecule has 1 saturated heterocycles. The van der Waals surface area contributed by atoms with Gasteiger partial charge < -0.3 is 15.4 Å². The molecule has 0 spiro atoms. The predicted octanol–water partition coefficient (Wildman–Crippen LogP) is 5.44. The Morgan fingerprint density at radius 2 is 1.58 bits per heavy atom. The average Bonchev–Trinajstić information content (AvgIpc) is 3.41. The molecule has 0 aromatic heterocycles. The quantitative estimate of drug-likeness (QED) is 0.430. The molecule has 0 radical (unpaired) electrons. The van der Waals surface area contributed by atoms with Crippen LogP contribution in [0.25, 0.3) is 17.2 Å². The number of carbonyl (C=O) groups is 2. The molecule has 1 atom stereocenters. The molecule has 36 heavy (non-hydrogen) atoms. The van der Waals surface area contributed by atoms with Gasteiger partial charge in [0.05, 0.1) is 11.7 Å². The zero-order valence-electron chi connectivity index (χ0n) is 19.3. The third-order valence-electron chi connectivity index (χ3n) is 5.81. The molecule has 1 aliphatic heterocycles. The van der Waals surface area contributed by atoms with Crippen molar-refractivity contribution in [1.29, 1.82) is 0 Å². The summed E-state index contributed by atoms with van der Waals surface area (Å²) in [6.45, 7) is 0.931. The highest BCUT2D eigenvalue weighted by Gasteiger charge is 2.30. The minimum absolute atomic E-state index is 0.000233. The minimum Gasteiger partial charge on any atom is -0.376 e. The molecule has 1 fully saturated rings. The van der Waals surface area contributed by atoms with Gasteiger partial charge in [-0.25, -0.2) is 0 Å². The Kier molecular flexibility index (Phi) is 7.85. The number of hydrogen-bond acceptors (Lipinski definition) is 3. The molecule has 0 aliphatic carbocycles. The Hall–Kier alpha value is -3.91. The van der Waals surface area contributed by atoms with Crippen LogP contribution < -0.4 is 10.6 Å². The molecule has 1 aliphatic rings. The van der Waals surface area contributed by atoms with Crippen molar-refractivity contribution in [3.63, 3.8) is 0 Å². The number of nitrogens with one attached hydrogen (secondary N) is 2. The first kappa shape index (κ1) is 25.2. The molecule has 3 aromatic carbocycles. The van der Waals surface area contributed by atoms with Gasteiger partial charge in [0.25, 0.3) is 11.8 Å². The van der Waals surface area contributed by atoms with Gasteiger partial charge in [-0.2, -0.15) is 13.2 Å². The van der Waals surface area contributed by atoms with Gasteiger partial charge in [-0.1, -0.05) is 54.6 Å². The Morgan fingerprint density at radius 1 is 0.917 bits per heavy atom. The fraction of sp³-hybridized carbons (Fsp3) is 0.214. The van der Waals surface area contributed by atoms with Crippen molar-refractivity contribution in [2.75, 3.05) is 13.2 Å². The molecular formula is C28H25F3N2O3. The Morgan fingerprint density at radius 3 is 2.19 bits per heavy atom. The van der Waals surface area contributed by atoms with Crippen LogP contribution in [-0.2, 0) is 15.7 Å². The van der Waals surface area contributed by atoms with Gasteiger partial charge in [-0.15, -0.1) is 0 Å². The largest absolute Gasteiger partial charge is 0.416 e. The van der Waals surface area contributed by atoms with E-state index in [1.54, 1.807) is 0 Å². The molecule has 3 aromatic rings. The fourth-order valence-corrected chi connectivity index (χ4v) is 3.84. The number of benzene rings is 3. The molecule has 8 heteroatoms. The summed E-state index contributed by atoms with van der Waals surface area (Å²) in [4.78, 5) is 25.7. The lowest BCUT2D eigenvalue weighted by atomic mass is 10.0. The number of carbonyl (C=O) groups excluding carboxylic acids is 2. The first-order chi connectivity index (χ1) is 17.3. The molecule has 2 N–H and O–H groups in total. The lowest BCUT2D eigenvalue weighted by Gasteiger charge is -2.14. The summed E-state index contributed by atoms with van der Waals surface area (Å²) in [5, 5.41) is 5.32. The van der Waals surface area contributed by atoms with Crippen LogP contribution in [0.1, 0.15) is 34.3 Å². The van der Waals surface area contributed by atoms with Crippen molar-refractivity contribution in [2.24, 2.45) is 0 Å². The van der Waals surface area contributed by atoms with Crippen LogP contribution in [0.2, 0.25) is 0 Å². The number of ether oxygens (including phenoxy) is 1. The van der Waals surface area contributed by atoms with E-state index in [1.807, 2.05) is 54.6 Å². The van der Waals surface area contributed by atoms with Crippen molar-refractivity contribution >= 4 is 17.9 Å². The highest BCUT2D eigenvalue weighted by molar-refractivity contribution is 6.05. The number of rotatable bonds is 7. The minimum atomic E-state index is -4.51. The summed E-state index contributed by atoms with van der Waals surface area (Å²) >= 11 is 0. The van der Waals surface area contributed by atoms with Crippen LogP contribution in [0, 0.1) is 0 Å². The number of hydrogen-bond donors (Lipinski definition) is 2. The molecule has 2 amide bonds. The summed E-state index contributed by atoms with van der Waals surface area (Å²) in [5.74, 6) is -1.21. The van der Waals surface area contributed by atoms with Crippen LogP contribution in [0.4, 0.5) is 13.2 Å². The van der Waals surface area contributed by atoms with Crippen molar-refractivity contribution in [3.8, 4) is 11.1 Å². The van der Waals surface area contributed by atoms with Gasteiger partial charge in [0.15, 0.2) is 0 Å². The lowest BCUT2D eigenvalue weighted by molar-refractivity contribution is -0.137. The Labute approximate surface area is 207 Å². The van der Waals surface area contributed by atoms with Crippen molar-refractivity contribution in [3.05, 3.63) is 101 Å². The van der Waals surface area contributed by atoms with E-state index in [4.69, 9.17) is 4.74 Å². The first-order valence-electron chi connectivity index (χ1n) is 11.6. The monoisotopic (exact) mass is 494 g/mol. The third-order valence-corrected chi connectivity index (χ3v) is 5.81. The van der Waals surface area contributed by atoms with Gasteiger partial charge in [0.1, 0.15) is 5.70 Å². The van der Waals surface area contributed by atoms with E-state index in [9.17, 15) is 22.8 Å². The molecular weight excluding hydrogens is 469 g/mol. The number of alkyl halides is 3. The van der Waals surface area contributed by atoms with E-state index in [-0.39, 0.29) is 17.4 Å². The molecule has 0 bridgehead atoms. The van der Waals surface area contributed by atoms with Crippen molar-refractivity contribution < 1.29 is 27.5 Å². The SMILES string of the molecule is O=C(NCC1CCCO1)C(=Cc1ccc(-c2ccccc2)cc1)NC(=O)c1ccc(C(F)(F)F)cc1. The van der Waals surface area contributed by atoms with E-state index in [1.165, 1.54) is 6.08 Å². The molecule has 1 unspecified atom stereocenters. The van der Waals surface area contributed by atoms with Crippen LogP contribution in [0.3, 0.4) is 0 Å². The second kappa shape index (κ2) is 11.2. The van der Waals surface area contributed by atoms with Gasteiger partial charge in [-0.3, -0.25) is 9.59 Å². The van der Waals surface area contributed by atoms with Crippen molar-refractivity contribution in [1.82, 2.24) is 10.6 Å². The highest BCUT2D eigenvalue weighted by atomic mass is 19.4. The number of amides is 2. The Bertz CT molecular complexity index is 1220. The van der Waals surface area contributed by atoms with Gasteiger partial charge in [0.2, 0.25) is 0 Å². The summed E-state index contributed by atoms with van der Waals surface area (Å²) < 4.78 is 44.1. The van der Waals surface area contributed by atoms with E-state index >= 15 is 0 Å². The second-order valence-corrected chi connectivity index (χ2v) is 8.42. The summed E-state index contributed by atoms with van der Waals surface area (Å²) in [5.41, 5.74) is 1.82. The molecule has 5 nitrogen and oxygen atoms in total. The van der Waals surface area contributed by atoms with Crippen LogP contribution in [0.5, 0.6) is 0 Å². The predicted molar refractivity (Wildman–Crippen MR) is 131 cm³/mol. The topological polar surface area (TPSA) is 67.4 Å². The fourth-order valence-electron chi connectivity index (χ4n) is 3.84. The molecule has 4 rings (SSSR count). The second-order valence-electron chi connectivity index (χ2n) is 8.42. The zero-order valence-corrected chi connectivity index (χ0v) is 19.3. The van der Waals surface area contributed by atoms with Gasteiger partial charge >= 0.3 is 6.18 Å². The van der Waals surface area contributed by atoms with Crippen LogP contribution in [0.15, 0.2) is 84.6 Å². The maximum absolute atomic E-state index is 12.9. The maximum atomic E-state index is 12.9. The summed E-state index contributed by atoms with van der Waals surface area (Å²) in [6.07, 6.45) is -1.32. The third kappa shape index (κ3) is 6.60. The normalized spacial score (nSPS) is 16.0. The van der Waals surface area contributed by atoms with Crippen LogP contribution in [-0.4, -0.2) is 31.1 Å². The highest BCUT2D eigenvalue weighted by Crippen LogP contribution is 2.29. The molecule has 0 saturated carbocycles. The standard InChI is InChI=1S/C28H25F3N2O3/c29-28(30,31)23-14-12-22(13-15-23)26(34)33-25(27(35)32-18-24-7-4-16-36-24)17-19-8-10-21(11-9-19)20-5-2-1-3-6-20/h1-3,5-6,8-15,17,24H,4,7,16,18H2,(H,32,35)(H,33,34). The van der Waals surface area contributed by atoms with E-state index < -0.39 is 23.6 Å². The summed E-state index contributed by atoms with van der Waals surface area (Å²) in [7, 11) is 0. The van der Waals surface area contributed by atoms with Gasteiger partial charge in [0, 0.05) is 18.7 Å². The Balaban J connectivity index is 1.54. The van der Waals surface area contributed by atoms with E-state index in [0.717, 1.165) is 48.2 Å². The maximum Gasteiger partial charge on any atom is 0.416 e. The van der Waals surface area contributed by atoms with E-state index in [0.29, 0.717) is 18.7 Å². The van der Waals surface area contributed by atoms with Crippen molar-refractivity contribution in [2.45, 2.75) is 25.1 Å². The van der Waals surface area contributed by atoms with Crippen LogP contribution >= 0.6 is 0 Å². The first-order valence-corrected chi connectivity index (χ1v) is 11.6. The molecule has 186 valence electrons. The zero-order chi connectivity index (χ0) is 25.5. The molecule has 1 heterocycles. The number of halogens is 3. The average molecular weight is 495 g/mol. The lowest BCUT2D eigenvalue weighted by Crippen LogP contribution is -2.38. The van der Waals surface area contributed by atoms with Gasteiger partial charge in [-0.05, 0) is 59.9 Å². The summed E-state index contributed by atoms with van der Waals surface area (Å²) in [6, 6.07) is 21.0.